The van der Waals surface area contributed by atoms with Crippen molar-refractivity contribution >= 4 is 29.1 Å². The minimum atomic E-state index is -0.462. The Morgan fingerprint density at radius 3 is 2.91 bits per heavy atom. The lowest BCUT2D eigenvalue weighted by Crippen LogP contribution is -2.50. The summed E-state index contributed by atoms with van der Waals surface area (Å²) in [6, 6.07) is 1.16. The highest BCUT2D eigenvalue weighted by Crippen LogP contribution is 2.24. The summed E-state index contributed by atoms with van der Waals surface area (Å²) in [6.07, 6.45) is 1.53. The highest BCUT2D eigenvalue weighted by atomic mass is 35.5. The largest absolute Gasteiger partial charge is 0.368 e. The average molecular weight is 341 g/mol. The lowest BCUT2D eigenvalue weighted by Gasteiger charge is -2.33. The van der Waals surface area contributed by atoms with E-state index in [1.165, 1.54) is 6.20 Å². The van der Waals surface area contributed by atoms with Crippen molar-refractivity contribution in [3.05, 3.63) is 39.7 Å². The minimum Gasteiger partial charge on any atom is -0.368 e. The Hall–Kier alpha value is -1.70. The molecule has 1 amide bonds. The maximum absolute atomic E-state index is 11.8. The van der Waals surface area contributed by atoms with Gasteiger partial charge in [0.1, 0.15) is 17.7 Å². The fourth-order valence-corrected chi connectivity index (χ4v) is 2.99. The zero-order chi connectivity index (χ0) is 15.9. The first kappa shape index (κ1) is 15.2. The van der Waals surface area contributed by atoms with Gasteiger partial charge in [-0.15, -0.1) is 10.2 Å². The number of carbonyl (C=O) groups is 1. The Bertz CT molecular complexity index is 731. The van der Waals surface area contributed by atoms with Crippen LogP contribution in [0, 0.1) is 6.92 Å². The molecule has 9 heteroatoms. The summed E-state index contributed by atoms with van der Waals surface area (Å²) in [7, 11) is 0. The van der Waals surface area contributed by atoms with Gasteiger partial charge < -0.3 is 10.3 Å². The molecule has 7 nitrogen and oxygen atoms in total. The molecule has 3 rings (SSSR count). The molecule has 22 heavy (non-hydrogen) atoms. The minimum absolute atomic E-state index is 0.384. The summed E-state index contributed by atoms with van der Waals surface area (Å²) >= 11 is 12.0. The normalized spacial score (nSPS) is 18.2. The van der Waals surface area contributed by atoms with Crippen molar-refractivity contribution in [2.45, 2.75) is 32.6 Å². The van der Waals surface area contributed by atoms with Crippen LogP contribution in [-0.4, -0.2) is 36.6 Å². The van der Waals surface area contributed by atoms with Crippen molar-refractivity contribution in [3.8, 4) is 0 Å². The predicted octanol–water partition coefficient (Wildman–Crippen LogP) is 1.16. The van der Waals surface area contributed by atoms with Gasteiger partial charge in [-0.2, -0.15) is 0 Å². The van der Waals surface area contributed by atoms with Crippen LogP contribution in [-0.2, 0) is 24.4 Å². The van der Waals surface area contributed by atoms with Gasteiger partial charge >= 0.3 is 0 Å². The second kappa shape index (κ2) is 5.83. The highest BCUT2D eigenvalue weighted by molar-refractivity contribution is 6.34. The van der Waals surface area contributed by atoms with Gasteiger partial charge in [-0.1, -0.05) is 23.2 Å². The molecule has 0 aliphatic carbocycles. The molecule has 116 valence electrons. The first-order chi connectivity index (χ1) is 10.5. The van der Waals surface area contributed by atoms with Crippen LogP contribution in [0.15, 0.2) is 12.3 Å². The smallest absolute Gasteiger partial charge is 0.236 e. The van der Waals surface area contributed by atoms with E-state index in [-0.39, 0.29) is 0 Å². The van der Waals surface area contributed by atoms with E-state index in [2.05, 4.69) is 15.2 Å². The van der Waals surface area contributed by atoms with Crippen molar-refractivity contribution in [2.24, 2.45) is 5.73 Å². The molecule has 2 aromatic heterocycles. The van der Waals surface area contributed by atoms with Crippen molar-refractivity contribution in [3.63, 3.8) is 0 Å². The van der Waals surface area contributed by atoms with Gasteiger partial charge in [-0.3, -0.25) is 14.7 Å². The third-order valence-corrected chi connectivity index (χ3v) is 4.25. The second-order valence-electron chi connectivity index (χ2n) is 5.18. The lowest BCUT2D eigenvalue weighted by atomic mass is 10.1. The van der Waals surface area contributed by atoms with E-state index in [1.54, 1.807) is 6.07 Å². The molecule has 0 fully saturated rings. The van der Waals surface area contributed by atoms with E-state index in [9.17, 15) is 4.79 Å². The summed E-state index contributed by atoms with van der Waals surface area (Å²) in [5, 5.41) is 9.09. The SMILES string of the molecule is Cc1nnc2n1CC(C(N)=O)N(Cc1ncc(Cl)cc1Cl)C2. The molecule has 0 spiro atoms. The molecule has 0 saturated heterocycles. The van der Waals surface area contributed by atoms with Crippen molar-refractivity contribution < 1.29 is 4.79 Å². The van der Waals surface area contributed by atoms with Crippen LogP contribution in [0.5, 0.6) is 0 Å². The average Bonchev–Trinajstić information content (AvgIpc) is 2.82. The van der Waals surface area contributed by atoms with Gasteiger partial charge in [0.25, 0.3) is 0 Å². The highest BCUT2D eigenvalue weighted by Gasteiger charge is 2.32. The second-order valence-corrected chi connectivity index (χ2v) is 6.02. The van der Waals surface area contributed by atoms with Gasteiger partial charge in [0.2, 0.25) is 5.91 Å². The predicted molar refractivity (Wildman–Crippen MR) is 81.2 cm³/mol. The number of fused-ring (bicyclic) bond motifs is 1. The Labute approximate surface area is 137 Å². The van der Waals surface area contributed by atoms with Crippen molar-refractivity contribution in [1.82, 2.24) is 24.6 Å². The van der Waals surface area contributed by atoms with Crippen LogP contribution in [0.3, 0.4) is 0 Å². The van der Waals surface area contributed by atoms with Crippen molar-refractivity contribution in [1.29, 1.82) is 0 Å². The Kier molecular flexibility index (Phi) is 4.03. The summed E-state index contributed by atoms with van der Waals surface area (Å²) in [4.78, 5) is 17.9. The van der Waals surface area contributed by atoms with E-state index in [0.717, 1.165) is 11.6 Å². The molecule has 3 heterocycles. The Morgan fingerprint density at radius 1 is 1.45 bits per heavy atom. The molecule has 0 aromatic carbocycles. The molecular weight excluding hydrogens is 327 g/mol. The maximum Gasteiger partial charge on any atom is 0.236 e. The molecule has 2 aromatic rings. The molecule has 1 aliphatic heterocycles. The maximum atomic E-state index is 11.8. The number of primary amides is 1. The molecule has 1 atom stereocenters. The molecule has 0 bridgehead atoms. The summed E-state index contributed by atoms with van der Waals surface area (Å²) in [5.41, 5.74) is 6.18. The molecule has 1 aliphatic rings. The number of amides is 1. The zero-order valence-electron chi connectivity index (χ0n) is 11.8. The Morgan fingerprint density at radius 2 is 2.23 bits per heavy atom. The third-order valence-electron chi connectivity index (χ3n) is 3.72. The van der Waals surface area contributed by atoms with Gasteiger partial charge in [-0.05, 0) is 13.0 Å². The monoisotopic (exact) mass is 340 g/mol. The fraction of sp³-hybridized carbons (Fsp3) is 0.385. The van der Waals surface area contributed by atoms with E-state index >= 15 is 0 Å². The van der Waals surface area contributed by atoms with Crippen LogP contribution < -0.4 is 5.73 Å². The number of aromatic nitrogens is 4. The lowest BCUT2D eigenvalue weighted by molar-refractivity contribution is -0.125. The number of rotatable bonds is 3. The third kappa shape index (κ3) is 2.79. The number of aryl methyl sites for hydroxylation is 1. The molecule has 1 unspecified atom stereocenters. The number of hydrogen-bond donors (Lipinski definition) is 1. The zero-order valence-corrected chi connectivity index (χ0v) is 13.3. The number of pyridine rings is 1. The molecular formula is C13H14Cl2N6O. The van der Waals surface area contributed by atoms with Crippen LogP contribution in [0.1, 0.15) is 17.3 Å². The van der Waals surface area contributed by atoms with Gasteiger partial charge in [0.15, 0.2) is 0 Å². The van der Waals surface area contributed by atoms with E-state index in [0.29, 0.717) is 35.4 Å². The fourth-order valence-electron chi connectivity index (χ4n) is 2.55. The number of carbonyl (C=O) groups excluding carboxylic acids is 1. The summed E-state index contributed by atoms with van der Waals surface area (Å²) in [5.74, 6) is 1.16. The molecule has 0 radical (unpaired) electrons. The first-order valence-electron chi connectivity index (χ1n) is 6.67. The summed E-state index contributed by atoms with van der Waals surface area (Å²) < 4.78 is 1.91. The number of hydrogen-bond acceptors (Lipinski definition) is 5. The van der Waals surface area contributed by atoms with Gasteiger partial charge in [0.05, 0.1) is 28.8 Å². The standard InChI is InChI=1S/C13H14Cl2N6O/c1-7-18-19-12-6-20(11(13(16)22)5-21(7)12)4-10-9(15)2-8(14)3-17-10/h2-3,11H,4-6H2,1H3,(H2,16,22). The van der Waals surface area contributed by atoms with Crippen LogP contribution in [0.25, 0.3) is 0 Å². The van der Waals surface area contributed by atoms with Gasteiger partial charge in [-0.25, -0.2) is 0 Å². The number of nitrogens with two attached hydrogens (primary N) is 1. The number of nitrogens with zero attached hydrogens (tertiary/aromatic N) is 5. The van der Waals surface area contributed by atoms with E-state index in [1.807, 2.05) is 16.4 Å². The quantitative estimate of drug-likeness (QED) is 0.905. The van der Waals surface area contributed by atoms with Gasteiger partial charge in [0, 0.05) is 12.7 Å². The van der Waals surface area contributed by atoms with Crippen LogP contribution in [0.4, 0.5) is 0 Å². The summed E-state index contributed by atoms with van der Waals surface area (Å²) in [6.45, 7) is 3.11. The molecule has 2 N–H and O–H groups in total. The Balaban J connectivity index is 1.89. The van der Waals surface area contributed by atoms with Crippen LogP contribution in [0.2, 0.25) is 10.0 Å². The topological polar surface area (TPSA) is 89.9 Å². The van der Waals surface area contributed by atoms with Crippen LogP contribution >= 0.6 is 23.2 Å². The molecule has 0 saturated carbocycles. The first-order valence-corrected chi connectivity index (χ1v) is 7.43. The van der Waals surface area contributed by atoms with Crippen molar-refractivity contribution in [2.75, 3.05) is 0 Å². The number of halogens is 2. The van der Waals surface area contributed by atoms with E-state index < -0.39 is 11.9 Å². The van der Waals surface area contributed by atoms with E-state index in [4.69, 9.17) is 28.9 Å².